The van der Waals surface area contributed by atoms with Gasteiger partial charge in [0.25, 0.3) is 0 Å². The summed E-state index contributed by atoms with van der Waals surface area (Å²) < 4.78 is 6.92. The molecule has 1 aliphatic rings. The molecule has 20 heavy (non-hydrogen) atoms. The van der Waals surface area contributed by atoms with Crippen LogP contribution < -0.4 is 10.5 Å². The predicted molar refractivity (Wildman–Crippen MR) is 86.1 cm³/mol. The standard InChI is InChI=1S/C17H18BrNO/c1-11-7-8-20-17-14(9-13(18)10-15(17)19)16(11)12-5-3-2-4-6-12/h2-6,9-11,16H,7-8,19H2,1H3. The fraction of sp³-hybridized carbons (Fsp3) is 0.294. The van der Waals surface area contributed by atoms with Gasteiger partial charge in [0, 0.05) is 16.0 Å². The molecule has 1 aliphatic heterocycles. The van der Waals surface area contributed by atoms with Crippen LogP contribution in [0.5, 0.6) is 5.75 Å². The Bertz CT molecular complexity index is 612. The number of ether oxygens (including phenoxy) is 1. The average molecular weight is 332 g/mol. The molecule has 0 spiro atoms. The van der Waals surface area contributed by atoms with Gasteiger partial charge in [-0.15, -0.1) is 0 Å². The first-order valence-electron chi connectivity index (χ1n) is 6.93. The molecule has 2 aromatic carbocycles. The molecular formula is C17H18BrNO. The lowest BCUT2D eigenvalue weighted by Gasteiger charge is -2.23. The van der Waals surface area contributed by atoms with Gasteiger partial charge in [-0.25, -0.2) is 0 Å². The Hall–Kier alpha value is -1.48. The average Bonchev–Trinajstić information content (AvgIpc) is 2.58. The Kier molecular flexibility index (Phi) is 3.70. The maximum absolute atomic E-state index is 6.14. The van der Waals surface area contributed by atoms with E-state index in [1.54, 1.807) is 0 Å². The number of halogens is 1. The van der Waals surface area contributed by atoms with Crippen LogP contribution in [0.4, 0.5) is 5.69 Å². The first-order valence-corrected chi connectivity index (χ1v) is 7.73. The highest BCUT2D eigenvalue weighted by Crippen LogP contribution is 2.44. The molecule has 0 amide bonds. The largest absolute Gasteiger partial charge is 0.491 e. The van der Waals surface area contributed by atoms with Crippen molar-refractivity contribution in [1.29, 1.82) is 0 Å². The summed E-state index contributed by atoms with van der Waals surface area (Å²) in [5, 5.41) is 0. The van der Waals surface area contributed by atoms with Crippen LogP contribution in [0.2, 0.25) is 0 Å². The van der Waals surface area contributed by atoms with E-state index in [1.165, 1.54) is 11.1 Å². The van der Waals surface area contributed by atoms with Crippen molar-refractivity contribution in [3.8, 4) is 5.75 Å². The molecule has 2 nitrogen and oxygen atoms in total. The first kappa shape index (κ1) is 13.5. The van der Waals surface area contributed by atoms with Gasteiger partial charge in [-0.1, -0.05) is 53.2 Å². The third kappa shape index (κ3) is 2.42. The van der Waals surface area contributed by atoms with Gasteiger partial charge in [-0.05, 0) is 30.0 Å². The van der Waals surface area contributed by atoms with Gasteiger partial charge in [-0.3, -0.25) is 0 Å². The molecular weight excluding hydrogens is 314 g/mol. The minimum Gasteiger partial charge on any atom is -0.491 e. The molecule has 3 rings (SSSR count). The van der Waals surface area contributed by atoms with Gasteiger partial charge in [0.1, 0.15) is 5.75 Å². The molecule has 104 valence electrons. The second-order valence-corrected chi connectivity index (χ2v) is 6.33. The topological polar surface area (TPSA) is 35.2 Å². The van der Waals surface area contributed by atoms with Crippen LogP contribution in [0.15, 0.2) is 46.9 Å². The number of benzene rings is 2. The Labute approximate surface area is 128 Å². The molecule has 2 unspecified atom stereocenters. The molecule has 0 saturated carbocycles. The summed E-state index contributed by atoms with van der Waals surface area (Å²) in [5.41, 5.74) is 9.37. The van der Waals surface area contributed by atoms with E-state index in [4.69, 9.17) is 10.5 Å². The minimum absolute atomic E-state index is 0.327. The van der Waals surface area contributed by atoms with Crippen molar-refractivity contribution in [3.05, 3.63) is 58.1 Å². The number of anilines is 1. The highest BCUT2D eigenvalue weighted by molar-refractivity contribution is 9.10. The number of nitrogens with two attached hydrogens (primary N) is 1. The van der Waals surface area contributed by atoms with E-state index in [0.29, 0.717) is 17.5 Å². The quantitative estimate of drug-likeness (QED) is 0.776. The first-order chi connectivity index (χ1) is 9.66. The van der Waals surface area contributed by atoms with Crippen LogP contribution in [-0.2, 0) is 0 Å². The van der Waals surface area contributed by atoms with Crippen molar-refractivity contribution < 1.29 is 4.74 Å². The highest BCUT2D eigenvalue weighted by atomic mass is 79.9. The SMILES string of the molecule is CC1CCOc2c(N)cc(Br)cc2C1c1ccccc1. The number of hydrogen-bond acceptors (Lipinski definition) is 2. The van der Waals surface area contributed by atoms with E-state index >= 15 is 0 Å². The second-order valence-electron chi connectivity index (χ2n) is 5.42. The molecule has 0 aliphatic carbocycles. The van der Waals surface area contributed by atoms with Crippen molar-refractivity contribution in [1.82, 2.24) is 0 Å². The minimum atomic E-state index is 0.327. The molecule has 1 heterocycles. The van der Waals surface area contributed by atoms with Crippen molar-refractivity contribution in [2.24, 2.45) is 5.92 Å². The molecule has 2 aromatic rings. The van der Waals surface area contributed by atoms with Crippen LogP contribution in [0.1, 0.15) is 30.4 Å². The van der Waals surface area contributed by atoms with E-state index in [-0.39, 0.29) is 0 Å². The monoisotopic (exact) mass is 331 g/mol. The van der Waals surface area contributed by atoms with E-state index in [0.717, 1.165) is 23.2 Å². The van der Waals surface area contributed by atoms with E-state index in [1.807, 2.05) is 6.07 Å². The van der Waals surface area contributed by atoms with Gasteiger partial charge in [0.15, 0.2) is 0 Å². The van der Waals surface area contributed by atoms with Gasteiger partial charge >= 0.3 is 0 Å². The zero-order valence-corrected chi connectivity index (χ0v) is 13.1. The summed E-state index contributed by atoms with van der Waals surface area (Å²) >= 11 is 3.55. The summed E-state index contributed by atoms with van der Waals surface area (Å²) in [6, 6.07) is 14.7. The Morgan fingerprint density at radius 2 is 1.95 bits per heavy atom. The summed E-state index contributed by atoms with van der Waals surface area (Å²) in [6.07, 6.45) is 1.03. The number of rotatable bonds is 1. The van der Waals surface area contributed by atoms with Crippen LogP contribution in [0.25, 0.3) is 0 Å². The van der Waals surface area contributed by atoms with Gasteiger partial charge in [0.2, 0.25) is 0 Å². The third-order valence-electron chi connectivity index (χ3n) is 3.99. The normalized spacial score (nSPS) is 21.7. The molecule has 2 atom stereocenters. The maximum atomic E-state index is 6.14. The summed E-state index contributed by atoms with van der Waals surface area (Å²) in [6.45, 7) is 3.01. The van der Waals surface area contributed by atoms with Crippen molar-refractivity contribution in [2.75, 3.05) is 12.3 Å². The van der Waals surface area contributed by atoms with Crippen molar-refractivity contribution in [2.45, 2.75) is 19.3 Å². The third-order valence-corrected chi connectivity index (χ3v) is 4.45. The van der Waals surface area contributed by atoms with Crippen molar-refractivity contribution >= 4 is 21.6 Å². The number of hydrogen-bond donors (Lipinski definition) is 1. The fourth-order valence-corrected chi connectivity index (χ4v) is 3.52. The molecule has 0 fully saturated rings. The fourth-order valence-electron chi connectivity index (χ4n) is 3.02. The summed E-state index contributed by atoms with van der Waals surface area (Å²) in [5.74, 6) is 1.70. The van der Waals surface area contributed by atoms with Crippen LogP contribution >= 0.6 is 15.9 Å². The van der Waals surface area contributed by atoms with E-state index in [9.17, 15) is 0 Å². The zero-order valence-electron chi connectivity index (χ0n) is 11.5. The molecule has 0 radical (unpaired) electrons. The number of nitrogen functional groups attached to an aromatic ring is 1. The summed E-state index contributed by atoms with van der Waals surface area (Å²) in [4.78, 5) is 0. The predicted octanol–water partition coefficient (Wildman–Crippen LogP) is 4.58. The van der Waals surface area contributed by atoms with Crippen LogP contribution in [0, 0.1) is 5.92 Å². The van der Waals surface area contributed by atoms with Crippen LogP contribution in [0.3, 0.4) is 0 Å². The molecule has 0 saturated heterocycles. The van der Waals surface area contributed by atoms with Crippen LogP contribution in [-0.4, -0.2) is 6.61 Å². The van der Waals surface area contributed by atoms with Gasteiger partial charge < -0.3 is 10.5 Å². The number of fused-ring (bicyclic) bond motifs is 1. The second kappa shape index (κ2) is 5.49. The Morgan fingerprint density at radius 1 is 1.20 bits per heavy atom. The zero-order chi connectivity index (χ0) is 14.1. The van der Waals surface area contributed by atoms with Gasteiger partial charge in [0.05, 0.1) is 12.3 Å². The van der Waals surface area contributed by atoms with Crippen molar-refractivity contribution in [3.63, 3.8) is 0 Å². The Morgan fingerprint density at radius 3 is 2.70 bits per heavy atom. The summed E-state index contributed by atoms with van der Waals surface area (Å²) in [7, 11) is 0. The molecule has 0 bridgehead atoms. The Balaban J connectivity index is 2.18. The van der Waals surface area contributed by atoms with E-state index < -0.39 is 0 Å². The molecule has 3 heteroatoms. The molecule has 0 aromatic heterocycles. The highest BCUT2D eigenvalue weighted by Gasteiger charge is 2.28. The maximum Gasteiger partial charge on any atom is 0.146 e. The lowest BCUT2D eigenvalue weighted by Crippen LogP contribution is -2.11. The van der Waals surface area contributed by atoms with E-state index in [2.05, 4.69) is 59.3 Å². The molecule has 2 N–H and O–H groups in total. The smallest absolute Gasteiger partial charge is 0.146 e. The lowest BCUT2D eigenvalue weighted by atomic mass is 9.80. The van der Waals surface area contributed by atoms with Gasteiger partial charge in [-0.2, -0.15) is 0 Å². The lowest BCUT2D eigenvalue weighted by molar-refractivity contribution is 0.298.